The third-order valence-corrected chi connectivity index (χ3v) is 6.54. The summed E-state index contributed by atoms with van der Waals surface area (Å²) in [5, 5.41) is 0. The van der Waals surface area contributed by atoms with Crippen LogP contribution in [0.1, 0.15) is 43.2 Å². The Morgan fingerprint density at radius 3 is 2.41 bits per heavy atom. The van der Waals surface area contributed by atoms with E-state index in [1.54, 1.807) is 18.2 Å². The molecule has 0 bridgehead atoms. The van der Waals surface area contributed by atoms with Crippen molar-refractivity contribution in [2.24, 2.45) is 5.73 Å². The van der Waals surface area contributed by atoms with Crippen molar-refractivity contribution in [3.05, 3.63) is 53.6 Å². The maximum absolute atomic E-state index is 13.4. The highest BCUT2D eigenvalue weighted by Crippen LogP contribution is 2.48. The van der Waals surface area contributed by atoms with Crippen LogP contribution < -0.4 is 20.1 Å². The van der Waals surface area contributed by atoms with Crippen molar-refractivity contribution < 1.29 is 32.2 Å². The van der Waals surface area contributed by atoms with Crippen LogP contribution in [-0.4, -0.2) is 24.6 Å². The minimum atomic E-state index is -4.65. The third kappa shape index (κ3) is 4.16. The van der Waals surface area contributed by atoms with Crippen LogP contribution in [0.25, 0.3) is 0 Å². The molecule has 1 heterocycles. The number of terminal acetylenes is 1. The van der Waals surface area contributed by atoms with Gasteiger partial charge < -0.3 is 15.2 Å². The molecule has 1 atom stereocenters. The number of fused-ring (bicyclic) bond motifs is 1. The normalized spacial score (nSPS) is 17.5. The summed E-state index contributed by atoms with van der Waals surface area (Å²) < 4.78 is 51.2. The van der Waals surface area contributed by atoms with Crippen LogP contribution in [0.4, 0.5) is 18.9 Å². The summed E-state index contributed by atoms with van der Waals surface area (Å²) in [6.07, 6.45) is 4.09. The van der Waals surface area contributed by atoms with E-state index in [0.717, 1.165) is 36.3 Å². The number of carbonyl (C=O) groups is 2. The van der Waals surface area contributed by atoms with Crippen molar-refractivity contribution in [1.82, 2.24) is 0 Å². The first-order valence-corrected chi connectivity index (χ1v) is 10.8. The second-order valence-corrected chi connectivity index (χ2v) is 8.46. The van der Waals surface area contributed by atoms with Crippen LogP contribution in [0, 0.1) is 12.3 Å². The molecule has 1 aliphatic carbocycles. The summed E-state index contributed by atoms with van der Waals surface area (Å²) in [5.74, 6) is 1.18. The monoisotopic (exact) mass is 472 g/mol. The first-order chi connectivity index (χ1) is 16.2. The molecule has 0 radical (unpaired) electrons. The van der Waals surface area contributed by atoms with Gasteiger partial charge in [-0.1, -0.05) is 31.4 Å². The van der Waals surface area contributed by atoms with E-state index in [1.807, 2.05) is 5.92 Å². The van der Waals surface area contributed by atoms with Crippen molar-refractivity contribution in [2.75, 3.05) is 11.7 Å². The molecule has 1 saturated carbocycles. The summed E-state index contributed by atoms with van der Waals surface area (Å²) in [4.78, 5) is 26.9. The molecule has 6 nitrogen and oxygen atoms in total. The van der Waals surface area contributed by atoms with Crippen LogP contribution in [0.3, 0.4) is 0 Å². The van der Waals surface area contributed by atoms with E-state index >= 15 is 0 Å². The van der Waals surface area contributed by atoms with Crippen LogP contribution in [0.5, 0.6) is 11.5 Å². The molecule has 178 valence electrons. The standard InChI is InChI=1S/C25H23F3N2O4/c1-2-21(31)30(18-8-6-7-17(13-18)25(26,27)28)22(23(29)32)24(11-4-3-5-12-24)16-9-10-19-20(14-16)34-15-33-19/h1,6-10,13-14,22H,3-5,11-12,15H2,(H2,29,32). The number of primary amides is 1. The van der Waals surface area contributed by atoms with Gasteiger partial charge in [-0.3, -0.25) is 14.5 Å². The number of benzene rings is 2. The fourth-order valence-corrected chi connectivity index (χ4v) is 5.04. The van der Waals surface area contributed by atoms with Gasteiger partial charge in [-0.15, -0.1) is 6.42 Å². The molecule has 2 aliphatic rings. The van der Waals surface area contributed by atoms with Gasteiger partial charge >= 0.3 is 12.1 Å². The van der Waals surface area contributed by atoms with E-state index < -0.39 is 35.0 Å². The van der Waals surface area contributed by atoms with Crippen molar-refractivity contribution in [3.8, 4) is 23.8 Å². The van der Waals surface area contributed by atoms with Crippen LogP contribution in [0.2, 0.25) is 0 Å². The van der Waals surface area contributed by atoms with Gasteiger partial charge in [0.05, 0.1) is 5.56 Å². The Kier molecular flexibility index (Phi) is 6.17. The first-order valence-electron chi connectivity index (χ1n) is 10.8. The van der Waals surface area contributed by atoms with Gasteiger partial charge in [0.2, 0.25) is 12.7 Å². The third-order valence-electron chi connectivity index (χ3n) is 6.54. The largest absolute Gasteiger partial charge is 0.454 e. The summed E-state index contributed by atoms with van der Waals surface area (Å²) in [6, 6.07) is 8.09. The Balaban J connectivity index is 1.90. The maximum Gasteiger partial charge on any atom is 0.416 e. The van der Waals surface area contributed by atoms with Crippen molar-refractivity contribution in [3.63, 3.8) is 0 Å². The number of nitrogens with zero attached hydrogens (tertiary/aromatic N) is 1. The van der Waals surface area contributed by atoms with E-state index in [4.69, 9.17) is 21.6 Å². The highest BCUT2D eigenvalue weighted by molar-refractivity contribution is 6.09. The lowest BCUT2D eigenvalue weighted by atomic mass is 9.64. The first kappa shape index (κ1) is 23.5. The molecule has 9 heteroatoms. The number of anilines is 1. The van der Waals surface area contributed by atoms with Gasteiger partial charge in [0.15, 0.2) is 11.5 Å². The zero-order chi connectivity index (χ0) is 24.5. The van der Waals surface area contributed by atoms with Gasteiger partial charge in [0.1, 0.15) is 6.04 Å². The summed E-state index contributed by atoms with van der Waals surface area (Å²) in [5.41, 5.74) is 4.47. The fourth-order valence-electron chi connectivity index (χ4n) is 5.04. The van der Waals surface area contributed by atoms with Gasteiger partial charge in [-0.2, -0.15) is 13.2 Å². The summed E-state index contributed by atoms with van der Waals surface area (Å²) >= 11 is 0. The number of nitrogens with two attached hydrogens (primary N) is 1. The molecule has 0 saturated heterocycles. The summed E-state index contributed by atoms with van der Waals surface area (Å²) in [7, 11) is 0. The average Bonchev–Trinajstić information content (AvgIpc) is 3.30. The van der Waals surface area contributed by atoms with Crippen LogP contribution in [-0.2, 0) is 21.2 Å². The van der Waals surface area contributed by atoms with Crippen LogP contribution in [0.15, 0.2) is 42.5 Å². The molecule has 2 amide bonds. The fraction of sp³-hybridized carbons (Fsp3) is 0.360. The van der Waals surface area contributed by atoms with Gasteiger partial charge in [0, 0.05) is 11.1 Å². The number of halogens is 3. The van der Waals surface area contributed by atoms with E-state index in [1.165, 1.54) is 12.1 Å². The molecule has 1 unspecified atom stereocenters. The lowest BCUT2D eigenvalue weighted by Crippen LogP contribution is -2.60. The predicted octanol–water partition coefficient (Wildman–Crippen LogP) is 4.16. The highest BCUT2D eigenvalue weighted by atomic mass is 19.4. The van der Waals surface area contributed by atoms with Crippen molar-refractivity contribution >= 4 is 17.5 Å². The number of hydrogen-bond acceptors (Lipinski definition) is 4. The Morgan fingerprint density at radius 2 is 1.76 bits per heavy atom. The molecule has 4 rings (SSSR count). The lowest BCUT2D eigenvalue weighted by molar-refractivity contribution is -0.137. The van der Waals surface area contributed by atoms with Gasteiger partial charge in [0.25, 0.3) is 0 Å². The van der Waals surface area contributed by atoms with Gasteiger partial charge in [-0.25, -0.2) is 0 Å². The maximum atomic E-state index is 13.4. The molecule has 1 aliphatic heterocycles. The Bertz CT molecular complexity index is 1150. The van der Waals surface area contributed by atoms with E-state index in [2.05, 4.69) is 0 Å². The van der Waals surface area contributed by atoms with Crippen molar-refractivity contribution in [1.29, 1.82) is 0 Å². The molecule has 1 fully saturated rings. The number of amides is 2. The molecule has 2 aromatic rings. The Labute approximate surface area is 194 Å². The molecule has 0 spiro atoms. The molecule has 0 aromatic heterocycles. The van der Waals surface area contributed by atoms with E-state index in [0.29, 0.717) is 29.9 Å². The van der Waals surface area contributed by atoms with Crippen LogP contribution >= 0.6 is 0 Å². The SMILES string of the molecule is C#CC(=O)N(c1cccc(C(F)(F)F)c1)C(C(N)=O)C1(c2ccc3c(c2)OCO3)CCCCC1. The predicted molar refractivity (Wildman–Crippen MR) is 118 cm³/mol. The Hall–Kier alpha value is -3.67. The summed E-state index contributed by atoms with van der Waals surface area (Å²) in [6.45, 7) is 0.0526. The zero-order valence-electron chi connectivity index (χ0n) is 18.2. The average molecular weight is 472 g/mol. The van der Waals surface area contributed by atoms with E-state index in [-0.39, 0.29) is 12.5 Å². The molecule has 34 heavy (non-hydrogen) atoms. The lowest BCUT2D eigenvalue weighted by Gasteiger charge is -2.46. The minimum absolute atomic E-state index is 0.0526. The number of ether oxygens (including phenoxy) is 2. The van der Waals surface area contributed by atoms with Gasteiger partial charge in [-0.05, 0) is 54.7 Å². The van der Waals surface area contributed by atoms with E-state index in [9.17, 15) is 22.8 Å². The molecular formula is C25H23F3N2O4. The second kappa shape index (κ2) is 8.93. The molecule has 2 aromatic carbocycles. The molecular weight excluding hydrogens is 449 g/mol. The molecule has 2 N–H and O–H groups in total. The topological polar surface area (TPSA) is 81.9 Å². The number of carbonyl (C=O) groups excluding carboxylic acids is 2. The quantitative estimate of drug-likeness (QED) is 0.663. The zero-order valence-corrected chi connectivity index (χ0v) is 18.2. The van der Waals surface area contributed by atoms with Crippen molar-refractivity contribution in [2.45, 2.75) is 49.7 Å². The smallest absolute Gasteiger partial charge is 0.416 e. The number of hydrogen-bond donors (Lipinski definition) is 1. The Morgan fingerprint density at radius 1 is 1.06 bits per heavy atom. The minimum Gasteiger partial charge on any atom is -0.454 e. The highest BCUT2D eigenvalue weighted by Gasteiger charge is 2.49. The second-order valence-electron chi connectivity index (χ2n) is 8.46. The number of rotatable bonds is 5. The number of alkyl halides is 3.